The first-order chi connectivity index (χ1) is 21.5. The molecule has 236 valence electrons. The van der Waals surface area contributed by atoms with Crippen LogP contribution in [0.25, 0.3) is 0 Å². The molecule has 0 atom stereocenters. The fourth-order valence-electron chi connectivity index (χ4n) is 6.54. The van der Waals surface area contributed by atoms with Crippen LogP contribution in [0.4, 0.5) is 0 Å². The number of carbonyl (C=O) groups excluding carboxylic acids is 4. The summed E-state index contributed by atoms with van der Waals surface area (Å²) in [6.45, 7) is 16.1. The second-order valence-electron chi connectivity index (χ2n) is 12.3. The van der Waals surface area contributed by atoms with Crippen LogP contribution in [0, 0.1) is 62.3 Å². The monoisotopic (exact) mass is 726 g/mol. The molecule has 0 aromatic heterocycles. The Morgan fingerprint density at radius 1 is 0.478 bits per heavy atom. The van der Waals surface area contributed by atoms with Crippen molar-refractivity contribution in [3.8, 4) is 0 Å². The molecular weight excluding hydrogens is 687 g/mol. The molecule has 0 radical (unpaired) electrons. The third kappa shape index (κ3) is 6.33. The van der Waals surface area contributed by atoms with Crippen LogP contribution < -0.4 is 0 Å². The summed E-state index contributed by atoms with van der Waals surface area (Å²) in [5.41, 5.74) is 6.57. The molecule has 0 fully saturated rings. The Morgan fingerprint density at radius 2 is 0.739 bits per heavy atom. The Hall–Kier alpha value is -4.37. The van der Waals surface area contributed by atoms with E-state index in [0.717, 1.165) is 16.7 Å². The fourth-order valence-corrected chi connectivity index (χ4v) is 16.6. The van der Waals surface area contributed by atoms with Gasteiger partial charge in [-0.2, -0.15) is 0 Å². The summed E-state index contributed by atoms with van der Waals surface area (Å²) in [7, 11) is 0. The van der Waals surface area contributed by atoms with Crippen molar-refractivity contribution in [3.05, 3.63) is 139 Å². The maximum atomic E-state index is 15.2. The average Bonchev–Trinajstić information content (AvgIpc) is 2.94. The molecule has 0 aliphatic carbocycles. The Kier molecular flexibility index (Phi) is 9.87. The summed E-state index contributed by atoms with van der Waals surface area (Å²) < 4.78 is 4.04. The van der Waals surface area contributed by atoms with E-state index in [4.69, 9.17) is 3.07 Å². The van der Waals surface area contributed by atoms with E-state index in [1.165, 1.54) is 24.3 Å². The molecular formula is C38H38O7Sn. The van der Waals surface area contributed by atoms with Crippen LogP contribution >= 0.6 is 0 Å². The molecule has 0 aliphatic rings. The van der Waals surface area contributed by atoms with Gasteiger partial charge in [-0.3, -0.25) is 0 Å². The van der Waals surface area contributed by atoms with E-state index in [9.17, 15) is 14.7 Å². The summed E-state index contributed by atoms with van der Waals surface area (Å²) in [6, 6.07) is 15.8. The Morgan fingerprint density at radius 3 is 1.00 bits per heavy atom. The van der Waals surface area contributed by atoms with Crippen LogP contribution in [0.5, 0.6) is 0 Å². The number of rotatable bonds is 9. The minimum absolute atomic E-state index is 0.0581. The minimum atomic E-state index is -6.40. The number of carbonyl (C=O) groups is 5. The summed E-state index contributed by atoms with van der Waals surface area (Å²) in [5, 5.41) is 9.37. The van der Waals surface area contributed by atoms with Crippen LogP contribution in [0.2, 0.25) is 0 Å². The first-order valence-electron chi connectivity index (χ1n) is 14.9. The summed E-state index contributed by atoms with van der Waals surface area (Å²) in [4.78, 5) is 71.2. The second-order valence-corrected chi connectivity index (χ2v) is 20.6. The van der Waals surface area contributed by atoms with E-state index < -0.39 is 42.1 Å². The quantitative estimate of drug-likeness (QED) is 0.178. The number of carboxylic acid groups (broad SMARTS) is 1. The van der Waals surface area contributed by atoms with Crippen molar-refractivity contribution in [2.75, 3.05) is 0 Å². The molecule has 0 aliphatic heterocycles. The van der Waals surface area contributed by atoms with Gasteiger partial charge in [-0.25, -0.2) is 0 Å². The van der Waals surface area contributed by atoms with E-state index in [2.05, 4.69) is 0 Å². The van der Waals surface area contributed by atoms with Crippen molar-refractivity contribution in [1.82, 2.24) is 0 Å². The van der Waals surface area contributed by atoms with Gasteiger partial charge in [-0.05, 0) is 0 Å². The zero-order valence-electron chi connectivity index (χ0n) is 27.7. The first kappa shape index (κ1) is 34.5. The average molecular weight is 725 g/mol. The van der Waals surface area contributed by atoms with Crippen molar-refractivity contribution >= 4 is 42.1 Å². The normalized spacial score (nSPS) is 11.2. The predicted octanol–water partition coefficient (Wildman–Crippen LogP) is 7.53. The molecule has 0 unspecified atom stereocenters. The number of aryl methyl sites for hydroxylation is 9. The molecule has 0 spiro atoms. The molecule has 0 bridgehead atoms. The summed E-state index contributed by atoms with van der Waals surface area (Å²) >= 11 is -6.40. The fraction of sp³-hybridized carbons (Fsp3) is 0.237. The standard InChI is InChI=1S/3C10H11O.C8H6O4.Sn/c3*1-7-4-8(2)10(6-11)9(3)5-7;9-7(10)5-1-2-6(4-3-5)8(11)12;/h3*4-5H,1-3H3;1-4H,(H,9,10)(H,11,12);/q;;;;+1/p-1. The molecule has 0 saturated carbocycles. The first-order valence-corrected chi connectivity index (χ1v) is 20.4. The van der Waals surface area contributed by atoms with Crippen molar-refractivity contribution in [2.45, 2.75) is 62.3 Å². The molecule has 0 saturated heterocycles. The summed E-state index contributed by atoms with van der Waals surface area (Å²) in [5.74, 6) is -2.22. The summed E-state index contributed by atoms with van der Waals surface area (Å²) in [6.07, 6.45) is 0. The molecule has 0 amide bonds. The van der Waals surface area contributed by atoms with Crippen LogP contribution in [0.1, 0.15) is 102 Å². The van der Waals surface area contributed by atoms with Crippen LogP contribution in [-0.4, -0.2) is 47.2 Å². The van der Waals surface area contributed by atoms with Crippen LogP contribution in [0.15, 0.2) is 60.7 Å². The van der Waals surface area contributed by atoms with Gasteiger partial charge in [0.25, 0.3) is 0 Å². The van der Waals surface area contributed by atoms with E-state index >= 15 is 14.4 Å². The maximum absolute atomic E-state index is 15.2. The third-order valence-corrected chi connectivity index (χ3v) is 17.3. The van der Waals surface area contributed by atoms with Gasteiger partial charge in [0.2, 0.25) is 0 Å². The van der Waals surface area contributed by atoms with Gasteiger partial charge in [-0.1, -0.05) is 0 Å². The van der Waals surface area contributed by atoms with Gasteiger partial charge >= 0.3 is 275 Å². The Balaban J connectivity index is 2.13. The zero-order chi connectivity index (χ0) is 34.2. The van der Waals surface area contributed by atoms with E-state index in [1.54, 1.807) is 41.5 Å². The van der Waals surface area contributed by atoms with E-state index in [-0.39, 0.29) is 27.8 Å². The molecule has 0 heterocycles. The molecule has 46 heavy (non-hydrogen) atoms. The van der Waals surface area contributed by atoms with Crippen molar-refractivity contribution in [2.24, 2.45) is 0 Å². The molecule has 4 aromatic carbocycles. The van der Waals surface area contributed by atoms with Gasteiger partial charge in [0.1, 0.15) is 0 Å². The van der Waals surface area contributed by atoms with Crippen molar-refractivity contribution in [1.29, 1.82) is 0 Å². The van der Waals surface area contributed by atoms with E-state index in [1.807, 2.05) is 57.2 Å². The molecule has 4 rings (SSSR count). The predicted molar refractivity (Wildman–Crippen MR) is 180 cm³/mol. The Labute approximate surface area is 274 Å². The number of hydrogen-bond donors (Lipinski definition) is 1. The number of benzene rings is 4. The number of aromatic carboxylic acids is 1. The van der Waals surface area contributed by atoms with Crippen molar-refractivity contribution in [3.63, 3.8) is 0 Å². The van der Waals surface area contributed by atoms with Gasteiger partial charge in [0.05, 0.1) is 0 Å². The number of hydrogen-bond acceptors (Lipinski definition) is 6. The molecule has 4 aromatic rings. The molecule has 8 heteroatoms. The number of carboxylic acids is 1. The van der Waals surface area contributed by atoms with E-state index in [0.29, 0.717) is 33.4 Å². The van der Waals surface area contributed by atoms with Crippen LogP contribution in [-0.2, 0) is 3.07 Å². The topological polar surface area (TPSA) is 115 Å². The van der Waals surface area contributed by atoms with Crippen LogP contribution in [0.3, 0.4) is 0 Å². The third-order valence-electron chi connectivity index (χ3n) is 8.28. The molecule has 7 nitrogen and oxygen atoms in total. The van der Waals surface area contributed by atoms with Gasteiger partial charge in [0, 0.05) is 0 Å². The SMILES string of the molecule is Cc1cc(C)c([C](=O)[Sn]([O]C(=O)c2ccc(C(=O)O)cc2)([C](=O)c2c(C)cc(C)cc2C)[C](=O)c2c(C)cc(C)cc2C)c(C)c1. The van der Waals surface area contributed by atoms with Gasteiger partial charge in [-0.15, -0.1) is 0 Å². The van der Waals surface area contributed by atoms with Gasteiger partial charge in [0.15, 0.2) is 0 Å². The van der Waals surface area contributed by atoms with Gasteiger partial charge < -0.3 is 0 Å². The Bertz CT molecular complexity index is 1710. The van der Waals surface area contributed by atoms with Crippen molar-refractivity contribution < 1.29 is 32.2 Å². The zero-order valence-corrected chi connectivity index (χ0v) is 30.5. The molecule has 1 N–H and O–H groups in total. The second kappa shape index (κ2) is 13.2.